The molecule has 7 rings (SSSR count). The van der Waals surface area contributed by atoms with E-state index >= 15 is 4.39 Å². The molecule has 2 unspecified atom stereocenters. The number of hydrogen-bond donors (Lipinski definition) is 0. The molecule has 0 spiro atoms. The zero-order valence-corrected chi connectivity index (χ0v) is 26.7. The lowest BCUT2D eigenvalue weighted by molar-refractivity contribution is 0.0515. The summed E-state index contributed by atoms with van der Waals surface area (Å²) < 4.78 is 38.3. The van der Waals surface area contributed by atoms with Crippen molar-refractivity contribution in [1.29, 1.82) is 0 Å². The Morgan fingerprint density at radius 2 is 1.70 bits per heavy atom. The number of esters is 1. The van der Waals surface area contributed by atoms with Crippen molar-refractivity contribution in [3.63, 3.8) is 0 Å². The van der Waals surface area contributed by atoms with Crippen LogP contribution in [-0.4, -0.2) is 82.2 Å². The summed E-state index contributed by atoms with van der Waals surface area (Å²) in [6, 6.07) is 14.2. The van der Waals surface area contributed by atoms with Gasteiger partial charge in [0.05, 0.1) is 66.9 Å². The molecule has 0 radical (unpaired) electrons. The van der Waals surface area contributed by atoms with Crippen molar-refractivity contribution in [1.82, 2.24) is 4.90 Å². The van der Waals surface area contributed by atoms with Crippen LogP contribution in [0.25, 0.3) is 11.1 Å². The van der Waals surface area contributed by atoms with Gasteiger partial charge in [-0.2, -0.15) is 0 Å². The van der Waals surface area contributed by atoms with Crippen LogP contribution in [0.2, 0.25) is 5.02 Å². The van der Waals surface area contributed by atoms with Crippen LogP contribution in [0.5, 0.6) is 5.75 Å². The van der Waals surface area contributed by atoms with Crippen molar-refractivity contribution in [2.75, 3.05) is 57.1 Å². The number of fused-ring (bicyclic) bond motifs is 3. The van der Waals surface area contributed by atoms with E-state index in [9.17, 15) is 9.59 Å². The van der Waals surface area contributed by atoms with Crippen molar-refractivity contribution in [3.05, 3.63) is 76.1 Å². The van der Waals surface area contributed by atoms with E-state index in [2.05, 4.69) is 9.80 Å². The Kier molecular flexibility index (Phi) is 8.52. The molecule has 4 heterocycles. The molecule has 4 aliphatic heterocycles. The lowest BCUT2D eigenvalue weighted by Gasteiger charge is -2.38. The number of carbonyl (C=O) groups excluding carboxylic acids is 2. The summed E-state index contributed by atoms with van der Waals surface area (Å²) in [5, 5.41) is 0.383. The standard InChI is InChI=1S/C35H37ClFN3O6/c1-43-25-10-12-38(13-11-25)22-8-9-27(30(36)14-22)34(41)39-17-21-4-3-5-26(33(21)46-20-39)28-16-32(29(15-31(28)37)35(42)44-2)40-23-6-7-24(40)19-45-18-23/h3-5,8-9,14-16,23-25H,6-7,10-13,17-20H2,1-2H3. The van der Waals surface area contributed by atoms with E-state index in [0.717, 1.165) is 50.0 Å². The van der Waals surface area contributed by atoms with E-state index in [1.165, 1.54) is 13.2 Å². The van der Waals surface area contributed by atoms with Crippen molar-refractivity contribution < 1.29 is 32.9 Å². The van der Waals surface area contributed by atoms with Crippen molar-refractivity contribution in [2.45, 2.75) is 50.4 Å². The molecule has 4 aliphatic rings. The molecule has 2 atom stereocenters. The average Bonchev–Trinajstić information content (AvgIpc) is 3.33. The Morgan fingerprint density at radius 3 is 2.39 bits per heavy atom. The zero-order valence-electron chi connectivity index (χ0n) is 26.0. The third-order valence-corrected chi connectivity index (χ3v) is 10.0. The van der Waals surface area contributed by atoms with Crippen LogP contribution < -0.4 is 14.5 Å². The maximum atomic E-state index is 15.8. The lowest BCUT2D eigenvalue weighted by atomic mass is 9.96. The molecule has 11 heteroatoms. The summed E-state index contributed by atoms with van der Waals surface area (Å²) in [6.07, 6.45) is 4.02. The quantitative estimate of drug-likeness (QED) is 0.305. The first kappa shape index (κ1) is 30.8. The van der Waals surface area contributed by atoms with E-state index < -0.39 is 11.8 Å². The summed E-state index contributed by atoms with van der Waals surface area (Å²) in [7, 11) is 3.04. The van der Waals surface area contributed by atoms with Crippen LogP contribution in [0.1, 0.15) is 52.0 Å². The number of halogens is 2. The van der Waals surface area contributed by atoms with Crippen LogP contribution in [0.3, 0.4) is 0 Å². The predicted octanol–water partition coefficient (Wildman–Crippen LogP) is 5.91. The Morgan fingerprint density at radius 1 is 0.935 bits per heavy atom. The molecule has 3 aromatic rings. The molecule has 0 saturated carbocycles. The van der Waals surface area contributed by atoms with E-state index in [0.29, 0.717) is 46.4 Å². The number of hydrogen-bond acceptors (Lipinski definition) is 8. The summed E-state index contributed by atoms with van der Waals surface area (Å²) in [4.78, 5) is 32.4. The molecule has 0 aromatic heterocycles. The number of rotatable bonds is 6. The molecule has 9 nitrogen and oxygen atoms in total. The van der Waals surface area contributed by atoms with E-state index in [4.69, 9.17) is 30.5 Å². The first-order valence-corrected chi connectivity index (χ1v) is 16.1. The van der Waals surface area contributed by atoms with Crippen LogP contribution in [-0.2, 0) is 20.8 Å². The monoisotopic (exact) mass is 649 g/mol. The number of nitrogens with zero attached hydrogens (tertiary/aromatic N) is 3. The first-order chi connectivity index (χ1) is 22.4. The normalized spacial score (nSPS) is 21.2. The number of anilines is 2. The van der Waals surface area contributed by atoms with Gasteiger partial charge >= 0.3 is 5.97 Å². The van der Waals surface area contributed by atoms with Gasteiger partial charge in [-0.25, -0.2) is 9.18 Å². The lowest BCUT2D eigenvalue weighted by Crippen LogP contribution is -2.46. The Bertz CT molecular complexity index is 1650. The van der Waals surface area contributed by atoms with Gasteiger partial charge in [-0.05, 0) is 56.0 Å². The van der Waals surface area contributed by atoms with Crippen molar-refractivity contribution in [3.8, 4) is 16.9 Å². The van der Waals surface area contributed by atoms with Gasteiger partial charge in [-0.1, -0.05) is 29.8 Å². The number of para-hydroxylation sites is 1. The van der Waals surface area contributed by atoms with E-state index in [1.807, 2.05) is 24.3 Å². The molecular weight excluding hydrogens is 613 g/mol. The molecule has 1 amide bonds. The number of benzene rings is 3. The number of piperidine rings is 1. The Labute approximate surface area is 272 Å². The average molecular weight is 650 g/mol. The van der Waals surface area contributed by atoms with Gasteiger partial charge in [0, 0.05) is 42.6 Å². The van der Waals surface area contributed by atoms with Gasteiger partial charge in [0.25, 0.3) is 5.91 Å². The number of ether oxygens (including phenoxy) is 4. The molecule has 2 bridgehead atoms. The van der Waals surface area contributed by atoms with Gasteiger partial charge in [0.1, 0.15) is 11.6 Å². The number of morpholine rings is 1. The van der Waals surface area contributed by atoms with Crippen LogP contribution in [0, 0.1) is 5.82 Å². The Balaban J connectivity index is 1.15. The van der Waals surface area contributed by atoms with E-state index in [1.54, 1.807) is 30.2 Å². The van der Waals surface area contributed by atoms with Crippen molar-refractivity contribution >= 4 is 34.9 Å². The molecule has 3 saturated heterocycles. The van der Waals surface area contributed by atoms with Gasteiger partial charge < -0.3 is 33.6 Å². The van der Waals surface area contributed by atoms with Crippen LogP contribution in [0.15, 0.2) is 48.5 Å². The van der Waals surface area contributed by atoms with E-state index in [-0.39, 0.29) is 42.9 Å². The fourth-order valence-electron chi connectivity index (χ4n) is 7.29. The number of carbonyl (C=O) groups is 2. The summed E-state index contributed by atoms with van der Waals surface area (Å²) in [6.45, 7) is 3.08. The third-order valence-electron chi connectivity index (χ3n) is 9.73. The fraction of sp³-hybridized carbons (Fsp3) is 0.429. The second-order valence-electron chi connectivity index (χ2n) is 12.3. The maximum Gasteiger partial charge on any atom is 0.340 e. The largest absolute Gasteiger partial charge is 0.472 e. The fourth-order valence-corrected chi connectivity index (χ4v) is 7.54. The summed E-state index contributed by atoms with van der Waals surface area (Å²) >= 11 is 6.66. The van der Waals surface area contributed by atoms with Gasteiger partial charge in [-0.3, -0.25) is 4.79 Å². The highest BCUT2D eigenvalue weighted by Crippen LogP contribution is 2.43. The molecule has 242 valence electrons. The number of methoxy groups -OCH3 is 2. The molecule has 46 heavy (non-hydrogen) atoms. The minimum absolute atomic E-state index is 0.0200. The van der Waals surface area contributed by atoms with Gasteiger partial charge in [0.15, 0.2) is 6.73 Å². The predicted molar refractivity (Wildman–Crippen MR) is 172 cm³/mol. The topological polar surface area (TPSA) is 80.8 Å². The zero-order chi connectivity index (χ0) is 31.9. The molecule has 0 N–H and O–H groups in total. The maximum absolute atomic E-state index is 15.8. The highest BCUT2D eigenvalue weighted by molar-refractivity contribution is 6.34. The first-order valence-electron chi connectivity index (χ1n) is 15.8. The molecule has 0 aliphatic carbocycles. The molecular formula is C35H37ClFN3O6. The summed E-state index contributed by atoms with van der Waals surface area (Å²) in [5.74, 6) is -0.884. The number of amides is 1. The van der Waals surface area contributed by atoms with Crippen LogP contribution in [0.4, 0.5) is 15.8 Å². The van der Waals surface area contributed by atoms with Crippen LogP contribution >= 0.6 is 11.6 Å². The highest BCUT2D eigenvalue weighted by atomic mass is 35.5. The second-order valence-corrected chi connectivity index (χ2v) is 12.7. The van der Waals surface area contributed by atoms with Crippen molar-refractivity contribution in [2.24, 2.45) is 0 Å². The van der Waals surface area contributed by atoms with Gasteiger partial charge in [0.2, 0.25) is 0 Å². The smallest absolute Gasteiger partial charge is 0.340 e. The SMILES string of the molecule is COC(=O)c1cc(F)c(-c2cccc3c2OCN(C(=O)c2ccc(N4CCC(OC)CC4)cc2Cl)C3)cc1N1C2CCC1COC2. The Hall–Kier alpha value is -3.86. The minimum Gasteiger partial charge on any atom is -0.472 e. The minimum atomic E-state index is -0.589. The summed E-state index contributed by atoms with van der Waals surface area (Å²) in [5.41, 5.74) is 3.81. The van der Waals surface area contributed by atoms with Gasteiger partial charge in [-0.15, -0.1) is 0 Å². The molecule has 3 fully saturated rings. The molecule has 3 aromatic carbocycles. The second kappa shape index (κ2) is 12.7. The third kappa shape index (κ3) is 5.56. The highest BCUT2D eigenvalue weighted by Gasteiger charge is 2.40.